The molecule has 0 radical (unpaired) electrons. The van der Waals surface area contributed by atoms with E-state index in [1.165, 1.54) is 7.11 Å². The molecule has 0 spiro atoms. The number of nitrogens with zero attached hydrogens (tertiary/aromatic N) is 4. The molecule has 9 heteroatoms. The first-order chi connectivity index (χ1) is 17.3. The van der Waals surface area contributed by atoms with Crippen LogP contribution in [0.1, 0.15) is 50.6 Å². The Labute approximate surface area is 215 Å². The predicted molar refractivity (Wildman–Crippen MR) is 141 cm³/mol. The Kier molecular flexibility index (Phi) is 6.55. The monoisotopic (exact) mass is 510 g/mol. The molecule has 36 heavy (non-hydrogen) atoms. The second-order valence-corrected chi connectivity index (χ2v) is 10.3. The Balaban J connectivity index is 1.69. The molecule has 0 bridgehead atoms. The number of benzene rings is 2. The molecule has 5 rings (SSSR count). The van der Waals surface area contributed by atoms with Gasteiger partial charge < -0.3 is 19.3 Å². The van der Waals surface area contributed by atoms with Gasteiger partial charge in [-0.05, 0) is 75.4 Å². The smallest absolute Gasteiger partial charge is 0.414 e. The second-order valence-electron chi connectivity index (χ2n) is 9.83. The van der Waals surface area contributed by atoms with Crippen LogP contribution in [-0.2, 0) is 16.0 Å². The van der Waals surface area contributed by atoms with Crippen molar-refractivity contribution >= 4 is 52.0 Å². The summed E-state index contributed by atoms with van der Waals surface area (Å²) in [7, 11) is 3.37. The van der Waals surface area contributed by atoms with E-state index in [4.69, 9.17) is 21.3 Å². The maximum Gasteiger partial charge on any atom is 0.414 e. The molecule has 0 unspecified atom stereocenters. The Morgan fingerprint density at radius 3 is 2.58 bits per heavy atom. The van der Waals surface area contributed by atoms with Gasteiger partial charge in [0.2, 0.25) is 5.95 Å². The fourth-order valence-corrected chi connectivity index (χ4v) is 5.89. The van der Waals surface area contributed by atoms with Crippen LogP contribution in [0.15, 0.2) is 36.4 Å². The summed E-state index contributed by atoms with van der Waals surface area (Å²) in [5, 5.41) is 10.4. The highest BCUT2D eigenvalue weighted by Crippen LogP contribution is 2.43. The van der Waals surface area contributed by atoms with E-state index in [-0.39, 0.29) is 24.1 Å². The molecule has 1 aromatic heterocycles. The third-order valence-corrected chi connectivity index (χ3v) is 7.93. The van der Waals surface area contributed by atoms with Crippen LogP contribution in [0.3, 0.4) is 0 Å². The third kappa shape index (κ3) is 4.17. The van der Waals surface area contributed by atoms with Gasteiger partial charge in [-0.15, -0.1) is 0 Å². The van der Waals surface area contributed by atoms with Crippen molar-refractivity contribution in [2.24, 2.45) is 5.92 Å². The van der Waals surface area contributed by atoms with Crippen LogP contribution in [-0.4, -0.2) is 46.9 Å². The number of halogens is 1. The topological polar surface area (TPSA) is 87.9 Å². The number of hydrogen-bond acceptors (Lipinski definition) is 5. The molecule has 3 atom stereocenters. The zero-order valence-corrected chi connectivity index (χ0v) is 21.5. The van der Waals surface area contributed by atoms with E-state index < -0.39 is 5.97 Å². The zero-order chi connectivity index (χ0) is 25.6. The van der Waals surface area contributed by atoms with Crippen LogP contribution < -0.4 is 9.80 Å². The Morgan fingerprint density at radius 2 is 1.89 bits per heavy atom. The number of fused-ring (bicyclic) bond motifs is 3. The minimum Gasteiger partial charge on any atom is -0.481 e. The SMILES string of the molecule is COC(=O)N1c2ccc3c(nc(N(C)c4ccc(Cl)cc4)n3[C@@H]3CCC[C@@H](C(=O)O)C3)c2CC[C@@H]1C. The minimum atomic E-state index is -0.739. The Morgan fingerprint density at radius 1 is 1.14 bits per heavy atom. The first kappa shape index (κ1) is 24.4. The van der Waals surface area contributed by atoms with E-state index in [0.29, 0.717) is 17.9 Å². The number of rotatable bonds is 4. The molecule has 3 aromatic rings. The van der Waals surface area contributed by atoms with Crippen molar-refractivity contribution < 1.29 is 19.4 Å². The standard InChI is InChI=1S/C27H31ClN4O4/c1-16-7-12-21-22(31(16)27(35)36-3)13-14-23-24(21)29-26(30(2)19-10-8-18(28)9-11-19)32(23)20-6-4-5-17(15-20)25(33)34/h8-11,13-14,16-17,20H,4-7,12,15H2,1-3H3,(H,33,34)/t16-,17+,20+/m0/s1. The summed E-state index contributed by atoms with van der Waals surface area (Å²) in [4.78, 5) is 33.4. The molecule has 1 aliphatic heterocycles. The lowest BCUT2D eigenvalue weighted by Gasteiger charge is -2.34. The minimum absolute atomic E-state index is 0.00637. The van der Waals surface area contributed by atoms with Gasteiger partial charge in [-0.3, -0.25) is 9.69 Å². The van der Waals surface area contributed by atoms with Crippen LogP contribution in [0.2, 0.25) is 5.02 Å². The van der Waals surface area contributed by atoms with E-state index >= 15 is 0 Å². The van der Waals surface area contributed by atoms with Crippen molar-refractivity contribution in [2.75, 3.05) is 24.0 Å². The fraction of sp³-hybridized carbons (Fsp3) is 0.444. The third-order valence-electron chi connectivity index (χ3n) is 7.68. The van der Waals surface area contributed by atoms with Crippen LogP contribution in [0, 0.1) is 5.92 Å². The number of hydrogen-bond donors (Lipinski definition) is 1. The summed E-state index contributed by atoms with van der Waals surface area (Å²) >= 11 is 6.13. The van der Waals surface area contributed by atoms with Gasteiger partial charge in [-0.25, -0.2) is 9.78 Å². The van der Waals surface area contributed by atoms with Gasteiger partial charge in [0.25, 0.3) is 0 Å². The van der Waals surface area contributed by atoms with Gasteiger partial charge >= 0.3 is 12.1 Å². The highest BCUT2D eigenvalue weighted by molar-refractivity contribution is 6.30. The Bertz CT molecular complexity index is 1310. The normalized spacial score (nSPS) is 21.8. The van der Waals surface area contributed by atoms with Crippen molar-refractivity contribution in [3.05, 3.63) is 47.0 Å². The van der Waals surface area contributed by atoms with E-state index in [0.717, 1.165) is 59.6 Å². The van der Waals surface area contributed by atoms with Crippen molar-refractivity contribution in [1.82, 2.24) is 9.55 Å². The van der Waals surface area contributed by atoms with E-state index in [1.807, 2.05) is 55.3 Å². The number of carbonyl (C=O) groups is 2. The first-order valence-corrected chi connectivity index (χ1v) is 12.8. The first-order valence-electron chi connectivity index (χ1n) is 12.4. The number of carbonyl (C=O) groups excluding carboxylic acids is 1. The van der Waals surface area contributed by atoms with Gasteiger partial charge in [0.15, 0.2) is 0 Å². The lowest BCUT2D eigenvalue weighted by atomic mass is 9.85. The number of ether oxygens (including phenoxy) is 1. The molecular weight excluding hydrogens is 480 g/mol. The number of carboxylic acids is 1. The zero-order valence-electron chi connectivity index (χ0n) is 20.8. The number of aliphatic carboxylic acids is 1. The average Bonchev–Trinajstić information content (AvgIpc) is 3.28. The number of aromatic nitrogens is 2. The summed E-state index contributed by atoms with van der Waals surface area (Å²) in [5.41, 5.74) is 4.58. The highest BCUT2D eigenvalue weighted by atomic mass is 35.5. The number of imidazole rings is 1. The summed E-state index contributed by atoms with van der Waals surface area (Å²) in [6.07, 6.45) is 4.22. The lowest BCUT2D eigenvalue weighted by Crippen LogP contribution is -2.42. The van der Waals surface area contributed by atoms with Gasteiger partial charge in [0.05, 0.1) is 29.7 Å². The molecule has 1 N–H and O–H groups in total. The van der Waals surface area contributed by atoms with E-state index in [9.17, 15) is 14.7 Å². The van der Waals surface area contributed by atoms with Crippen LogP contribution in [0.25, 0.3) is 11.0 Å². The largest absolute Gasteiger partial charge is 0.481 e. The molecule has 190 valence electrons. The summed E-state index contributed by atoms with van der Waals surface area (Å²) < 4.78 is 7.29. The average molecular weight is 511 g/mol. The highest BCUT2D eigenvalue weighted by Gasteiger charge is 2.35. The maximum atomic E-state index is 12.6. The quantitative estimate of drug-likeness (QED) is 0.451. The molecule has 2 aliphatic rings. The predicted octanol–water partition coefficient (Wildman–Crippen LogP) is 6.18. The number of anilines is 3. The van der Waals surface area contributed by atoms with Crippen LogP contribution in [0.5, 0.6) is 0 Å². The number of aryl methyl sites for hydroxylation is 1. The summed E-state index contributed by atoms with van der Waals surface area (Å²) in [6.45, 7) is 2.02. The fourth-order valence-electron chi connectivity index (χ4n) is 5.76. The van der Waals surface area contributed by atoms with Crippen LogP contribution >= 0.6 is 11.6 Å². The Hall–Kier alpha value is -3.26. The molecule has 2 aromatic carbocycles. The van der Waals surface area contributed by atoms with Crippen molar-refractivity contribution in [1.29, 1.82) is 0 Å². The number of amides is 1. The van der Waals surface area contributed by atoms with Gasteiger partial charge in [-0.1, -0.05) is 18.0 Å². The number of carboxylic acid groups (broad SMARTS) is 1. The van der Waals surface area contributed by atoms with Crippen LogP contribution in [0.4, 0.5) is 22.1 Å². The van der Waals surface area contributed by atoms with Gasteiger partial charge in [-0.2, -0.15) is 0 Å². The van der Waals surface area contributed by atoms with Crippen molar-refractivity contribution in [3.63, 3.8) is 0 Å². The molecular formula is C27H31ClN4O4. The summed E-state index contributed by atoms with van der Waals surface area (Å²) in [5.74, 6) is -0.361. The number of methoxy groups -OCH3 is 1. The molecule has 2 heterocycles. The summed E-state index contributed by atoms with van der Waals surface area (Å²) in [6, 6.07) is 11.6. The molecule has 0 saturated heterocycles. The van der Waals surface area contributed by atoms with E-state index in [2.05, 4.69) is 4.57 Å². The lowest BCUT2D eigenvalue weighted by molar-refractivity contribution is -0.143. The molecule has 1 fully saturated rings. The maximum absolute atomic E-state index is 12.6. The van der Waals surface area contributed by atoms with E-state index in [1.54, 1.807) is 4.90 Å². The molecule has 1 amide bonds. The second kappa shape index (κ2) is 9.65. The molecule has 8 nitrogen and oxygen atoms in total. The van der Waals surface area contributed by atoms with Gasteiger partial charge in [0, 0.05) is 35.4 Å². The molecule has 1 aliphatic carbocycles. The van der Waals surface area contributed by atoms with Crippen molar-refractivity contribution in [2.45, 2.75) is 57.5 Å². The van der Waals surface area contributed by atoms with Crippen molar-refractivity contribution in [3.8, 4) is 0 Å². The molecule has 1 saturated carbocycles. The van der Waals surface area contributed by atoms with Gasteiger partial charge in [0.1, 0.15) is 0 Å².